The first-order valence-corrected chi connectivity index (χ1v) is 17.8. The molecular formula is C36H33BrF2N10O8. The lowest BCUT2D eigenvalue weighted by atomic mass is 10.1. The van der Waals surface area contributed by atoms with Crippen molar-refractivity contribution in [2.75, 3.05) is 25.1 Å². The number of rotatable bonds is 12. The molecule has 18 nitrogen and oxygen atoms in total. The van der Waals surface area contributed by atoms with Crippen molar-refractivity contribution in [3.63, 3.8) is 0 Å². The number of halogens is 3. The zero-order valence-electron chi connectivity index (χ0n) is 29.9. The van der Waals surface area contributed by atoms with Gasteiger partial charge in [0.1, 0.15) is 55.1 Å². The van der Waals surface area contributed by atoms with E-state index in [0.717, 1.165) is 21.0 Å². The van der Waals surface area contributed by atoms with Crippen LogP contribution in [0.4, 0.5) is 14.5 Å². The molecule has 0 saturated heterocycles. The Morgan fingerprint density at radius 1 is 0.947 bits per heavy atom. The number of nitrogens with one attached hydrogen (secondary N) is 1. The monoisotopic (exact) mass is 850 g/mol. The van der Waals surface area contributed by atoms with Crippen LogP contribution in [0.5, 0.6) is 11.8 Å². The van der Waals surface area contributed by atoms with Crippen molar-refractivity contribution in [3.05, 3.63) is 134 Å². The van der Waals surface area contributed by atoms with E-state index in [1.54, 1.807) is 65.3 Å². The molecule has 296 valence electrons. The number of carboxylic acids is 1. The van der Waals surface area contributed by atoms with Gasteiger partial charge in [-0.3, -0.25) is 28.3 Å². The van der Waals surface area contributed by atoms with Crippen molar-refractivity contribution >= 4 is 33.6 Å². The minimum atomic E-state index is -1.15. The minimum Gasteiger partial charge on any atom is -0.480 e. The van der Waals surface area contributed by atoms with Gasteiger partial charge in [-0.15, -0.1) is 0 Å². The number of benzene rings is 2. The molecule has 0 bridgehead atoms. The van der Waals surface area contributed by atoms with Crippen LogP contribution in [-0.2, 0) is 27.4 Å². The second-order valence-electron chi connectivity index (χ2n) is 12.2. The van der Waals surface area contributed by atoms with Gasteiger partial charge in [0, 0.05) is 23.5 Å². The summed E-state index contributed by atoms with van der Waals surface area (Å²) in [4.78, 5) is 55.2. The van der Waals surface area contributed by atoms with Crippen LogP contribution in [0, 0.1) is 11.6 Å². The lowest BCUT2D eigenvalue weighted by molar-refractivity contribution is -0.144. The normalized spacial score (nSPS) is 13.6. The second-order valence-corrected chi connectivity index (χ2v) is 13.0. The van der Waals surface area contributed by atoms with Crippen LogP contribution in [0.3, 0.4) is 0 Å². The maximum atomic E-state index is 13.1. The molecular weight excluding hydrogens is 818 g/mol. The van der Waals surface area contributed by atoms with Gasteiger partial charge in [0.05, 0.1) is 42.5 Å². The van der Waals surface area contributed by atoms with Crippen molar-refractivity contribution in [2.24, 2.45) is 5.73 Å². The number of aliphatic carboxylic acids is 1. The van der Waals surface area contributed by atoms with Gasteiger partial charge >= 0.3 is 11.9 Å². The third kappa shape index (κ3) is 9.74. The van der Waals surface area contributed by atoms with Crippen molar-refractivity contribution in [2.45, 2.75) is 32.1 Å². The number of carbonyl (C=O) groups excluding carboxylic acids is 1. The van der Waals surface area contributed by atoms with Crippen LogP contribution in [0.15, 0.2) is 100 Å². The quantitative estimate of drug-likeness (QED) is 0.151. The molecule has 7 rings (SSSR count). The van der Waals surface area contributed by atoms with E-state index in [1.165, 1.54) is 30.6 Å². The molecule has 4 aromatic heterocycles. The number of ether oxygens (including phenoxy) is 3. The molecule has 0 fully saturated rings. The number of hydrogen-bond donors (Lipinski definition) is 3. The highest BCUT2D eigenvalue weighted by atomic mass is 79.9. The predicted molar refractivity (Wildman–Crippen MR) is 200 cm³/mol. The Labute approximate surface area is 329 Å². The fraction of sp³-hybridized carbons (Fsp3) is 0.222. The SMILES string of the molecule is CCOC(=O)Cn1cnc(OC[C@H](N)c2cnn(-c3ccc(F)cc3)c2)c(Br)c1=O.O=C(O)Cn1cnc2c(c1=O)N[C@H](c1cnn(-c3ccc(F)cc3)c1)CO2. The summed E-state index contributed by atoms with van der Waals surface area (Å²) < 4.78 is 47.4. The molecule has 2 aromatic carbocycles. The molecule has 0 amide bonds. The average Bonchev–Trinajstić information content (AvgIpc) is 3.90. The van der Waals surface area contributed by atoms with E-state index in [2.05, 4.69) is 41.4 Å². The Balaban J connectivity index is 0.000000194. The van der Waals surface area contributed by atoms with Gasteiger partial charge in [0.25, 0.3) is 11.1 Å². The summed E-state index contributed by atoms with van der Waals surface area (Å²) in [5, 5.41) is 20.4. The first-order valence-electron chi connectivity index (χ1n) is 17.0. The Morgan fingerprint density at radius 3 is 2.21 bits per heavy atom. The summed E-state index contributed by atoms with van der Waals surface area (Å²) in [6, 6.07) is 10.8. The fourth-order valence-electron chi connectivity index (χ4n) is 5.31. The number of hydrogen-bond acceptors (Lipinski definition) is 13. The smallest absolute Gasteiger partial charge is 0.326 e. The average molecular weight is 852 g/mol. The zero-order valence-corrected chi connectivity index (χ0v) is 31.5. The molecule has 1 aliphatic rings. The van der Waals surface area contributed by atoms with Crippen LogP contribution in [-0.4, -0.2) is 75.5 Å². The molecule has 5 heterocycles. The van der Waals surface area contributed by atoms with Crippen molar-refractivity contribution in [1.82, 2.24) is 38.7 Å². The van der Waals surface area contributed by atoms with Crippen molar-refractivity contribution in [3.8, 4) is 23.1 Å². The lowest BCUT2D eigenvalue weighted by Gasteiger charge is -2.25. The van der Waals surface area contributed by atoms with Gasteiger partial charge in [-0.2, -0.15) is 10.2 Å². The Morgan fingerprint density at radius 2 is 1.56 bits per heavy atom. The Hall–Kier alpha value is -6.74. The number of esters is 1. The maximum Gasteiger partial charge on any atom is 0.326 e. The topological polar surface area (TPSA) is 226 Å². The van der Waals surface area contributed by atoms with Gasteiger partial charge < -0.3 is 30.4 Å². The highest BCUT2D eigenvalue weighted by Crippen LogP contribution is 2.29. The summed E-state index contributed by atoms with van der Waals surface area (Å²) in [6.07, 6.45) is 8.99. The molecule has 2 atom stereocenters. The molecule has 0 aliphatic carbocycles. The van der Waals surface area contributed by atoms with Gasteiger partial charge in [-0.25, -0.2) is 28.1 Å². The lowest BCUT2D eigenvalue weighted by Crippen LogP contribution is -2.33. The van der Waals surface area contributed by atoms with E-state index in [0.29, 0.717) is 16.9 Å². The number of nitrogens with zero attached hydrogens (tertiary/aromatic N) is 8. The molecule has 0 saturated carbocycles. The molecule has 4 N–H and O–H groups in total. The van der Waals surface area contributed by atoms with E-state index in [9.17, 15) is 28.0 Å². The molecule has 0 radical (unpaired) electrons. The van der Waals surface area contributed by atoms with E-state index in [4.69, 9.17) is 25.1 Å². The van der Waals surface area contributed by atoms with Crippen LogP contribution in [0.25, 0.3) is 11.4 Å². The minimum absolute atomic E-state index is 0.0298. The molecule has 21 heteroatoms. The van der Waals surface area contributed by atoms with Gasteiger partial charge in [0.2, 0.25) is 11.8 Å². The summed E-state index contributed by atoms with van der Waals surface area (Å²) in [7, 11) is 0. The van der Waals surface area contributed by atoms with E-state index < -0.39 is 35.6 Å². The molecule has 0 unspecified atom stereocenters. The second kappa shape index (κ2) is 17.8. The first kappa shape index (κ1) is 39.9. The molecule has 57 heavy (non-hydrogen) atoms. The van der Waals surface area contributed by atoms with Crippen molar-refractivity contribution < 1.29 is 37.7 Å². The first-order chi connectivity index (χ1) is 27.4. The standard InChI is InChI=1S/C19H19BrFN5O4.C17H14FN5O4/c1-2-29-16(27)9-25-11-23-18(17(20)19(25)28)30-10-15(22)12-7-24-26(8-12)14-5-3-13(21)4-6-14;18-11-1-3-12(4-2-11)23-6-10(5-20-23)13-8-27-16-15(21-13)17(26)22(9-19-16)7-14(24)25/h3-8,11,15H,2,9-10,22H2,1H3;1-6,9,13,21H,7-8H2,(H,24,25)/t15-;13-/m00/s1. The molecule has 0 spiro atoms. The number of fused-ring (bicyclic) bond motifs is 1. The summed E-state index contributed by atoms with van der Waals surface area (Å²) >= 11 is 3.15. The van der Waals surface area contributed by atoms with Crippen LogP contribution in [0.1, 0.15) is 30.1 Å². The molecule has 6 aromatic rings. The van der Waals surface area contributed by atoms with Crippen LogP contribution >= 0.6 is 15.9 Å². The summed E-state index contributed by atoms with van der Waals surface area (Å²) in [5.41, 5.74) is 8.05. The summed E-state index contributed by atoms with van der Waals surface area (Å²) in [6.45, 7) is 1.41. The fourth-order valence-corrected chi connectivity index (χ4v) is 5.76. The third-order valence-electron chi connectivity index (χ3n) is 8.19. The highest BCUT2D eigenvalue weighted by Gasteiger charge is 2.26. The van der Waals surface area contributed by atoms with Gasteiger partial charge in [-0.05, 0) is 71.4 Å². The number of nitrogens with two attached hydrogens (primary N) is 1. The number of carboxylic acid groups (broad SMARTS) is 1. The van der Waals surface area contributed by atoms with Crippen LogP contribution < -0.4 is 31.6 Å². The van der Waals surface area contributed by atoms with Crippen molar-refractivity contribution in [1.29, 1.82) is 0 Å². The largest absolute Gasteiger partial charge is 0.480 e. The van der Waals surface area contributed by atoms with E-state index >= 15 is 0 Å². The Bertz CT molecular complexity index is 2490. The molecule has 1 aliphatic heterocycles. The van der Waals surface area contributed by atoms with Gasteiger partial charge in [0.15, 0.2) is 5.69 Å². The number of carbonyl (C=O) groups is 2. The predicted octanol–water partition coefficient (Wildman–Crippen LogP) is 3.17. The number of aromatic nitrogens is 8. The maximum absolute atomic E-state index is 13.1. The summed E-state index contributed by atoms with van der Waals surface area (Å²) in [5.74, 6) is -2.17. The van der Waals surface area contributed by atoms with E-state index in [1.807, 2.05) is 0 Å². The van der Waals surface area contributed by atoms with Crippen LogP contribution in [0.2, 0.25) is 0 Å². The number of anilines is 1. The zero-order chi connectivity index (χ0) is 40.6. The highest BCUT2D eigenvalue weighted by molar-refractivity contribution is 9.10. The third-order valence-corrected chi connectivity index (χ3v) is 8.87. The Kier molecular flexibility index (Phi) is 12.5. The van der Waals surface area contributed by atoms with Gasteiger partial charge in [-0.1, -0.05) is 0 Å². The van der Waals surface area contributed by atoms with E-state index in [-0.39, 0.29) is 66.0 Å².